The molecule has 0 spiro atoms. The van der Waals surface area contributed by atoms with Gasteiger partial charge < -0.3 is 10.3 Å². The lowest BCUT2D eigenvalue weighted by Crippen LogP contribution is -2.23. The quantitative estimate of drug-likeness (QED) is 0.507. The average molecular weight is 400 g/mol. The van der Waals surface area contributed by atoms with Crippen molar-refractivity contribution in [3.8, 4) is 0 Å². The van der Waals surface area contributed by atoms with Gasteiger partial charge >= 0.3 is 0 Å². The first-order valence-electron chi connectivity index (χ1n) is 9.10. The number of aromatic amines is 1. The molecule has 1 aliphatic carbocycles. The number of hydrogen-bond donors (Lipinski definition) is 2. The molecule has 1 aliphatic rings. The summed E-state index contributed by atoms with van der Waals surface area (Å²) in [6, 6.07) is 7.69. The van der Waals surface area contributed by atoms with Crippen LogP contribution in [-0.4, -0.2) is 21.1 Å². The Bertz CT molecular complexity index is 1070. The van der Waals surface area contributed by atoms with E-state index < -0.39 is 0 Å². The van der Waals surface area contributed by atoms with E-state index in [1.54, 1.807) is 11.3 Å². The predicted octanol–water partition coefficient (Wildman–Crippen LogP) is 4.29. The van der Waals surface area contributed by atoms with Gasteiger partial charge in [-0.15, -0.1) is 11.3 Å². The average Bonchev–Trinajstić information content (AvgIpc) is 3.00. The van der Waals surface area contributed by atoms with Crippen LogP contribution in [0.25, 0.3) is 10.2 Å². The van der Waals surface area contributed by atoms with E-state index >= 15 is 0 Å². The van der Waals surface area contributed by atoms with E-state index in [4.69, 9.17) is 0 Å². The third-order valence-corrected chi connectivity index (χ3v) is 6.92. The lowest BCUT2D eigenvalue weighted by molar-refractivity contribution is -0.115. The fourth-order valence-electron chi connectivity index (χ4n) is 3.39. The molecule has 140 valence electrons. The zero-order valence-corrected chi connectivity index (χ0v) is 16.9. The predicted molar refractivity (Wildman–Crippen MR) is 112 cm³/mol. The third-order valence-electron chi connectivity index (χ3n) is 4.75. The Labute approximate surface area is 165 Å². The number of carbonyl (C=O) groups is 1. The second kappa shape index (κ2) is 7.48. The van der Waals surface area contributed by atoms with Crippen molar-refractivity contribution in [3.05, 3.63) is 50.6 Å². The van der Waals surface area contributed by atoms with Gasteiger partial charge in [-0.3, -0.25) is 9.59 Å². The molecule has 2 N–H and O–H groups in total. The van der Waals surface area contributed by atoms with Gasteiger partial charge in [0.15, 0.2) is 5.16 Å². The highest BCUT2D eigenvalue weighted by Gasteiger charge is 2.21. The monoisotopic (exact) mass is 399 g/mol. The van der Waals surface area contributed by atoms with Crippen molar-refractivity contribution >= 4 is 44.9 Å². The van der Waals surface area contributed by atoms with Crippen LogP contribution in [0.2, 0.25) is 0 Å². The molecule has 0 fully saturated rings. The Kier molecular flexibility index (Phi) is 5.06. The van der Waals surface area contributed by atoms with Crippen LogP contribution in [0.5, 0.6) is 0 Å². The molecule has 27 heavy (non-hydrogen) atoms. The van der Waals surface area contributed by atoms with E-state index in [1.807, 2.05) is 38.1 Å². The molecule has 0 unspecified atom stereocenters. The number of carbonyl (C=O) groups excluding carboxylic acids is 1. The van der Waals surface area contributed by atoms with Crippen molar-refractivity contribution in [2.24, 2.45) is 0 Å². The number of fused-ring (bicyclic) bond motifs is 3. The number of aryl methyl sites for hydroxylation is 3. The molecule has 2 aromatic heterocycles. The number of nitrogens with one attached hydrogen (secondary N) is 2. The third kappa shape index (κ3) is 3.80. The number of aromatic nitrogens is 2. The van der Waals surface area contributed by atoms with Crippen molar-refractivity contribution in [3.63, 3.8) is 0 Å². The summed E-state index contributed by atoms with van der Waals surface area (Å²) in [5.74, 6) is -0.112. The summed E-state index contributed by atoms with van der Waals surface area (Å²) in [6.45, 7) is 3.80. The second-order valence-corrected chi connectivity index (χ2v) is 9.29. The van der Waals surface area contributed by atoms with Crippen LogP contribution in [-0.2, 0) is 17.6 Å². The van der Waals surface area contributed by atoms with E-state index in [-0.39, 0.29) is 16.7 Å². The maximum absolute atomic E-state index is 12.6. The van der Waals surface area contributed by atoms with Gasteiger partial charge in [-0.1, -0.05) is 23.9 Å². The van der Waals surface area contributed by atoms with Crippen LogP contribution in [0, 0.1) is 6.92 Å². The summed E-state index contributed by atoms with van der Waals surface area (Å²) in [5.41, 5.74) is 2.95. The number of H-pyrrole nitrogens is 1. The standard InChI is InChI=1S/C20H21N3O2S2/c1-11-6-5-7-13(10-11)21-17(24)12(2)26-20-22-18(25)16-14-8-3-4-9-15(14)27-19(16)23-20/h5-7,10,12H,3-4,8-9H2,1-2H3,(H,21,24)(H,22,23,25)/t12-/m0/s1. The molecule has 7 heteroatoms. The molecule has 1 amide bonds. The van der Waals surface area contributed by atoms with Gasteiger partial charge in [0.05, 0.1) is 10.6 Å². The van der Waals surface area contributed by atoms with Crippen molar-refractivity contribution < 1.29 is 4.79 Å². The molecule has 5 nitrogen and oxygen atoms in total. The lowest BCUT2D eigenvalue weighted by atomic mass is 9.97. The minimum Gasteiger partial charge on any atom is -0.325 e. The molecule has 0 saturated carbocycles. The number of thioether (sulfide) groups is 1. The minimum absolute atomic E-state index is 0.0896. The number of anilines is 1. The van der Waals surface area contributed by atoms with Crippen LogP contribution in [0.15, 0.2) is 34.2 Å². The van der Waals surface area contributed by atoms with Gasteiger partial charge in [0.25, 0.3) is 5.56 Å². The van der Waals surface area contributed by atoms with Gasteiger partial charge in [0.2, 0.25) is 5.91 Å². The number of hydrogen-bond acceptors (Lipinski definition) is 5. The second-order valence-electron chi connectivity index (χ2n) is 6.88. The van der Waals surface area contributed by atoms with E-state index in [0.29, 0.717) is 5.16 Å². The first-order valence-corrected chi connectivity index (χ1v) is 10.8. The molecule has 0 saturated heterocycles. The van der Waals surface area contributed by atoms with Crippen molar-refractivity contribution in [2.75, 3.05) is 5.32 Å². The fourth-order valence-corrected chi connectivity index (χ4v) is 5.50. The smallest absolute Gasteiger partial charge is 0.260 e. The molecule has 1 aromatic carbocycles. The van der Waals surface area contributed by atoms with E-state index in [2.05, 4.69) is 15.3 Å². The van der Waals surface area contributed by atoms with Gasteiger partial charge in [0, 0.05) is 10.6 Å². The largest absolute Gasteiger partial charge is 0.325 e. The molecular weight excluding hydrogens is 378 g/mol. The Hall–Kier alpha value is -2.12. The molecule has 2 heterocycles. The molecule has 0 bridgehead atoms. The van der Waals surface area contributed by atoms with Crippen molar-refractivity contribution in [1.82, 2.24) is 9.97 Å². The van der Waals surface area contributed by atoms with Crippen molar-refractivity contribution in [1.29, 1.82) is 0 Å². The Morgan fingerprint density at radius 3 is 2.96 bits per heavy atom. The summed E-state index contributed by atoms with van der Waals surface area (Å²) < 4.78 is 0. The minimum atomic E-state index is -0.374. The Morgan fingerprint density at radius 1 is 1.33 bits per heavy atom. The molecule has 0 aliphatic heterocycles. The first kappa shape index (κ1) is 18.3. The molecule has 4 rings (SSSR count). The van der Waals surface area contributed by atoms with E-state index in [9.17, 15) is 9.59 Å². The maximum Gasteiger partial charge on any atom is 0.260 e. The van der Waals surface area contributed by atoms with Crippen LogP contribution in [0.3, 0.4) is 0 Å². The van der Waals surface area contributed by atoms with E-state index in [1.165, 1.54) is 28.6 Å². The van der Waals surface area contributed by atoms with Crippen LogP contribution in [0.4, 0.5) is 5.69 Å². The molecular formula is C20H21N3O2S2. The normalized spacial score (nSPS) is 14.7. The van der Waals surface area contributed by atoms with Crippen molar-refractivity contribution in [2.45, 2.75) is 49.9 Å². The summed E-state index contributed by atoms with van der Waals surface area (Å²) in [6.07, 6.45) is 4.30. The Morgan fingerprint density at radius 2 is 2.15 bits per heavy atom. The SMILES string of the molecule is Cc1cccc(NC(=O)[C@H](C)Sc2nc3sc4c(c3c(=O)[nH]2)CCCC4)c1. The molecule has 0 radical (unpaired) electrons. The number of thiophene rings is 1. The van der Waals surface area contributed by atoms with Gasteiger partial charge in [-0.05, 0) is 62.8 Å². The van der Waals surface area contributed by atoms with Gasteiger partial charge in [-0.2, -0.15) is 0 Å². The Balaban J connectivity index is 1.54. The molecule has 3 aromatic rings. The molecule has 1 atom stereocenters. The van der Waals surface area contributed by atoms with Gasteiger partial charge in [-0.25, -0.2) is 4.98 Å². The highest BCUT2D eigenvalue weighted by molar-refractivity contribution is 8.00. The van der Waals surface area contributed by atoms with Crippen LogP contribution < -0.4 is 10.9 Å². The summed E-state index contributed by atoms with van der Waals surface area (Å²) in [7, 11) is 0. The van der Waals surface area contributed by atoms with Gasteiger partial charge in [0.1, 0.15) is 4.83 Å². The topological polar surface area (TPSA) is 74.8 Å². The number of benzene rings is 1. The fraction of sp³-hybridized carbons (Fsp3) is 0.350. The number of amides is 1. The summed E-state index contributed by atoms with van der Waals surface area (Å²) in [4.78, 5) is 34.7. The lowest BCUT2D eigenvalue weighted by Gasteiger charge is -2.12. The first-order chi connectivity index (χ1) is 13.0. The van der Waals surface area contributed by atoms with E-state index in [0.717, 1.165) is 40.7 Å². The summed E-state index contributed by atoms with van der Waals surface area (Å²) in [5, 5.41) is 3.79. The zero-order valence-electron chi connectivity index (χ0n) is 15.3. The zero-order chi connectivity index (χ0) is 19.0. The van der Waals surface area contributed by atoms with Crippen LogP contribution >= 0.6 is 23.1 Å². The highest BCUT2D eigenvalue weighted by atomic mass is 32.2. The summed E-state index contributed by atoms with van der Waals surface area (Å²) >= 11 is 2.90. The number of nitrogens with zero attached hydrogens (tertiary/aromatic N) is 1. The highest BCUT2D eigenvalue weighted by Crippen LogP contribution is 2.34. The maximum atomic E-state index is 12.6. The number of rotatable bonds is 4. The van der Waals surface area contributed by atoms with Crippen LogP contribution in [0.1, 0.15) is 35.8 Å².